The average molecular weight is 303 g/mol. The number of aryl methyl sites for hydroxylation is 2. The predicted molar refractivity (Wildman–Crippen MR) is 86.9 cm³/mol. The fourth-order valence-electron chi connectivity index (χ4n) is 2.11. The second kappa shape index (κ2) is 7.38. The van der Waals surface area contributed by atoms with Crippen molar-refractivity contribution in [3.8, 4) is 0 Å². The maximum atomic E-state index is 12.7. The Hall–Kier alpha value is -1.65. The number of hydrogen-bond donors (Lipinski definition) is 0. The topological polar surface area (TPSA) is 29.5 Å². The number of methoxy groups -OCH3 is 1. The lowest BCUT2D eigenvalue weighted by atomic mass is 10.1. The highest BCUT2D eigenvalue weighted by Gasteiger charge is 2.16. The van der Waals surface area contributed by atoms with Crippen molar-refractivity contribution in [3.63, 3.8) is 0 Å². The minimum absolute atomic E-state index is 0.0568. The molecule has 1 heterocycles. The molecule has 3 nitrogen and oxygen atoms in total. The van der Waals surface area contributed by atoms with Crippen molar-refractivity contribution < 1.29 is 9.53 Å². The summed E-state index contributed by atoms with van der Waals surface area (Å²) in [4.78, 5) is 14.6. The Morgan fingerprint density at radius 3 is 2.67 bits per heavy atom. The van der Waals surface area contributed by atoms with Gasteiger partial charge in [-0.3, -0.25) is 4.79 Å². The lowest BCUT2D eigenvalue weighted by Gasteiger charge is -2.22. The van der Waals surface area contributed by atoms with Gasteiger partial charge in [-0.1, -0.05) is 6.07 Å². The van der Waals surface area contributed by atoms with E-state index in [4.69, 9.17) is 4.74 Å². The minimum Gasteiger partial charge on any atom is -0.383 e. The van der Waals surface area contributed by atoms with Crippen LogP contribution in [0.15, 0.2) is 35.0 Å². The fraction of sp³-hybridized carbons (Fsp3) is 0.353. The van der Waals surface area contributed by atoms with Gasteiger partial charge >= 0.3 is 0 Å². The Morgan fingerprint density at radius 1 is 1.24 bits per heavy atom. The van der Waals surface area contributed by atoms with Crippen LogP contribution >= 0.6 is 11.3 Å². The first kappa shape index (κ1) is 15.7. The third-order valence-corrected chi connectivity index (χ3v) is 4.29. The first-order valence-electron chi connectivity index (χ1n) is 6.98. The van der Waals surface area contributed by atoms with Gasteiger partial charge in [0.15, 0.2) is 0 Å². The smallest absolute Gasteiger partial charge is 0.254 e. The summed E-state index contributed by atoms with van der Waals surface area (Å²) in [5, 5.41) is 4.11. The van der Waals surface area contributed by atoms with Crippen LogP contribution in [0.1, 0.15) is 27.0 Å². The monoisotopic (exact) mass is 303 g/mol. The highest BCUT2D eigenvalue weighted by atomic mass is 32.1. The lowest BCUT2D eigenvalue weighted by molar-refractivity contribution is 0.0680. The number of ether oxygens (including phenoxy) is 1. The van der Waals surface area contributed by atoms with E-state index in [1.807, 2.05) is 35.4 Å². The first-order valence-corrected chi connectivity index (χ1v) is 7.92. The molecule has 0 saturated carbocycles. The van der Waals surface area contributed by atoms with Crippen LogP contribution in [0.4, 0.5) is 0 Å². The van der Waals surface area contributed by atoms with Crippen molar-refractivity contribution >= 4 is 17.2 Å². The van der Waals surface area contributed by atoms with Gasteiger partial charge in [-0.2, -0.15) is 11.3 Å². The van der Waals surface area contributed by atoms with Crippen LogP contribution in [0.2, 0.25) is 0 Å². The van der Waals surface area contributed by atoms with Gasteiger partial charge in [0.2, 0.25) is 0 Å². The maximum absolute atomic E-state index is 12.7. The van der Waals surface area contributed by atoms with E-state index in [-0.39, 0.29) is 5.91 Å². The zero-order valence-electron chi connectivity index (χ0n) is 12.8. The Kier molecular flexibility index (Phi) is 5.53. The second-order valence-electron chi connectivity index (χ2n) is 5.15. The molecule has 21 heavy (non-hydrogen) atoms. The lowest BCUT2D eigenvalue weighted by Crippen LogP contribution is -2.33. The molecule has 4 heteroatoms. The van der Waals surface area contributed by atoms with Crippen LogP contribution in [-0.2, 0) is 11.3 Å². The first-order chi connectivity index (χ1) is 10.1. The molecule has 0 aliphatic carbocycles. The molecule has 0 fully saturated rings. The Bertz CT molecular complexity index is 593. The average Bonchev–Trinajstić information content (AvgIpc) is 2.98. The Balaban J connectivity index is 2.18. The number of benzene rings is 1. The molecule has 0 aliphatic rings. The van der Waals surface area contributed by atoms with Crippen LogP contribution in [0.5, 0.6) is 0 Å². The van der Waals surface area contributed by atoms with Gasteiger partial charge in [-0.25, -0.2) is 0 Å². The standard InChI is InChI=1S/C17H21NO2S/c1-13-4-5-16(10-14(13)2)17(19)18(7-8-20-3)11-15-6-9-21-12-15/h4-6,9-10,12H,7-8,11H2,1-3H3. The van der Waals surface area contributed by atoms with E-state index in [2.05, 4.69) is 18.4 Å². The van der Waals surface area contributed by atoms with Crippen molar-refractivity contribution in [2.24, 2.45) is 0 Å². The van der Waals surface area contributed by atoms with E-state index >= 15 is 0 Å². The van der Waals surface area contributed by atoms with Crippen LogP contribution in [0.25, 0.3) is 0 Å². The van der Waals surface area contributed by atoms with Gasteiger partial charge < -0.3 is 9.64 Å². The number of carbonyl (C=O) groups is 1. The molecule has 2 aromatic rings. The zero-order valence-corrected chi connectivity index (χ0v) is 13.6. The van der Waals surface area contributed by atoms with Crippen molar-refractivity contribution in [1.29, 1.82) is 0 Å². The molecule has 0 atom stereocenters. The summed E-state index contributed by atoms with van der Waals surface area (Å²) in [5.74, 6) is 0.0568. The van der Waals surface area contributed by atoms with E-state index in [0.717, 1.165) is 16.7 Å². The molecular weight excluding hydrogens is 282 g/mol. The highest BCUT2D eigenvalue weighted by molar-refractivity contribution is 7.07. The summed E-state index contributed by atoms with van der Waals surface area (Å²) in [6.45, 7) is 5.85. The summed E-state index contributed by atoms with van der Waals surface area (Å²) in [5.41, 5.74) is 4.24. The molecule has 0 spiro atoms. The molecule has 1 aromatic heterocycles. The van der Waals surface area contributed by atoms with Gasteiger partial charge in [0.1, 0.15) is 0 Å². The SMILES string of the molecule is COCCN(Cc1ccsc1)C(=O)c1ccc(C)c(C)c1. The van der Waals surface area contributed by atoms with E-state index in [1.165, 1.54) is 5.56 Å². The van der Waals surface area contributed by atoms with Crippen molar-refractivity contribution in [2.75, 3.05) is 20.3 Å². The van der Waals surface area contributed by atoms with Crippen LogP contribution in [0, 0.1) is 13.8 Å². The molecule has 0 N–H and O–H groups in total. The third kappa shape index (κ3) is 4.16. The maximum Gasteiger partial charge on any atom is 0.254 e. The summed E-state index contributed by atoms with van der Waals surface area (Å²) >= 11 is 1.65. The fourth-order valence-corrected chi connectivity index (χ4v) is 2.77. The largest absolute Gasteiger partial charge is 0.383 e. The van der Waals surface area contributed by atoms with E-state index < -0.39 is 0 Å². The number of thiophene rings is 1. The molecule has 112 valence electrons. The molecule has 0 aliphatic heterocycles. The number of nitrogens with zero attached hydrogens (tertiary/aromatic N) is 1. The van der Waals surface area contributed by atoms with Crippen LogP contribution < -0.4 is 0 Å². The Morgan fingerprint density at radius 2 is 2.05 bits per heavy atom. The number of rotatable bonds is 6. The molecule has 1 aromatic carbocycles. The molecule has 0 unspecified atom stereocenters. The molecule has 0 radical (unpaired) electrons. The summed E-state index contributed by atoms with van der Waals surface area (Å²) < 4.78 is 5.13. The number of carbonyl (C=O) groups excluding carboxylic acids is 1. The molecule has 0 bridgehead atoms. The van der Waals surface area contributed by atoms with Crippen molar-refractivity contribution in [1.82, 2.24) is 4.90 Å². The Labute approximate surface area is 130 Å². The predicted octanol–water partition coefficient (Wildman–Crippen LogP) is 3.65. The molecule has 1 amide bonds. The van der Waals surface area contributed by atoms with Gasteiger partial charge in [-0.15, -0.1) is 0 Å². The quantitative estimate of drug-likeness (QED) is 0.815. The summed E-state index contributed by atoms with van der Waals surface area (Å²) in [6, 6.07) is 7.92. The van der Waals surface area contributed by atoms with E-state index in [1.54, 1.807) is 18.4 Å². The zero-order chi connectivity index (χ0) is 15.2. The van der Waals surface area contributed by atoms with Gasteiger partial charge in [0.25, 0.3) is 5.91 Å². The molecule has 0 saturated heterocycles. The van der Waals surface area contributed by atoms with Gasteiger partial charge in [0.05, 0.1) is 6.61 Å². The van der Waals surface area contributed by atoms with Crippen LogP contribution in [-0.4, -0.2) is 31.1 Å². The van der Waals surface area contributed by atoms with Gasteiger partial charge in [0, 0.05) is 25.8 Å². The second-order valence-corrected chi connectivity index (χ2v) is 5.93. The van der Waals surface area contributed by atoms with Crippen molar-refractivity contribution in [3.05, 3.63) is 57.3 Å². The molecule has 2 rings (SSSR count). The summed E-state index contributed by atoms with van der Waals surface area (Å²) in [6.07, 6.45) is 0. The minimum atomic E-state index is 0.0568. The normalized spacial score (nSPS) is 10.6. The summed E-state index contributed by atoms with van der Waals surface area (Å²) in [7, 11) is 1.66. The molecular formula is C17H21NO2S. The van der Waals surface area contributed by atoms with E-state index in [9.17, 15) is 4.79 Å². The highest BCUT2D eigenvalue weighted by Crippen LogP contribution is 2.15. The third-order valence-electron chi connectivity index (χ3n) is 3.56. The number of amides is 1. The van der Waals surface area contributed by atoms with Crippen LogP contribution in [0.3, 0.4) is 0 Å². The van der Waals surface area contributed by atoms with Crippen molar-refractivity contribution in [2.45, 2.75) is 20.4 Å². The van der Waals surface area contributed by atoms with Gasteiger partial charge in [-0.05, 0) is 59.5 Å². The number of hydrogen-bond acceptors (Lipinski definition) is 3. The van der Waals surface area contributed by atoms with E-state index in [0.29, 0.717) is 19.7 Å².